The van der Waals surface area contributed by atoms with Gasteiger partial charge in [-0.1, -0.05) is 6.07 Å². The monoisotopic (exact) mass is 256 g/mol. The maximum absolute atomic E-state index is 4.49. The maximum atomic E-state index is 4.49. The van der Waals surface area contributed by atoms with Crippen LogP contribution in [0, 0.1) is 13.8 Å². The van der Waals surface area contributed by atoms with Gasteiger partial charge in [-0.2, -0.15) is 5.10 Å². The van der Waals surface area contributed by atoms with Crippen molar-refractivity contribution in [3.63, 3.8) is 0 Å². The molecule has 0 aliphatic carbocycles. The van der Waals surface area contributed by atoms with Crippen LogP contribution >= 0.6 is 0 Å². The third-order valence-corrected chi connectivity index (χ3v) is 3.81. The van der Waals surface area contributed by atoms with Gasteiger partial charge in [0.2, 0.25) is 0 Å². The standard InChI is InChI=1S/C15H20N4/c1-12-3-4-14(9-13(12)2)19-11-15(10-17-19)18-7-5-16-6-8-18/h3-4,9-11,16H,5-8H2,1-2H3. The largest absolute Gasteiger partial charge is 0.366 e. The van der Waals surface area contributed by atoms with E-state index in [-0.39, 0.29) is 0 Å². The van der Waals surface area contributed by atoms with Gasteiger partial charge in [0.15, 0.2) is 0 Å². The number of nitrogens with zero attached hydrogens (tertiary/aromatic N) is 3. The summed E-state index contributed by atoms with van der Waals surface area (Å²) in [5, 5.41) is 7.85. The molecule has 0 radical (unpaired) electrons. The molecule has 2 heterocycles. The molecule has 0 spiro atoms. The molecule has 1 aliphatic heterocycles. The highest BCUT2D eigenvalue weighted by molar-refractivity contribution is 5.47. The van der Waals surface area contributed by atoms with Crippen molar-refractivity contribution in [2.45, 2.75) is 13.8 Å². The Morgan fingerprint density at radius 3 is 2.58 bits per heavy atom. The quantitative estimate of drug-likeness (QED) is 0.891. The molecule has 0 unspecified atom stereocenters. The first-order chi connectivity index (χ1) is 9.24. The number of benzene rings is 1. The minimum Gasteiger partial charge on any atom is -0.366 e. The maximum Gasteiger partial charge on any atom is 0.0758 e. The number of hydrogen-bond donors (Lipinski definition) is 1. The highest BCUT2D eigenvalue weighted by atomic mass is 15.3. The van der Waals surface area contributed by atoms with E-state index in [1.807, 2.05) is 10.9 Å². The van der Waals surface area contributed by atoms with Gasteiger partial charge in [0.25, 0.3) is 0 Å². The van der Waals surface area contributed by atoms with Crippen LogP contribution in [0.15, 0.2) is 30.6 Å². The summed E-state index contributed by atoms with van der Waals surface area (Å²) < 4.78 is 1.96. The first-order valence-corrected chi connectivity index (χ1v) is 6.82. The smallest absolute Gasteiger partial charge is 0.0758 e. The minimum absolute atomic E-state index is 1.05. The molecular formula is C15H20N4. The first kappa shape index (κ1) is 12.2. The zero-order chi connectivity index (χ0) is 13.2. The molecular weight excluding hydrogens is 236 g/mol. The highest BCUT2D eigenvalue weighted by Crippen LogP contribution is 2.18. The average Bonchev–Trinajstić information content (AvgIpc) is 2.93. The van der Waals surface area contributed by atoms with Gasteiger partial charge in [-0.25, -0.2) is 4.68 Å². The van der Waals surface area contributed by atoms with Crippen LogP contribution in [-0.4, -0.2) is 36.0 Å². The number of aryl methyl sites for hydroxylation is 2. The molecule has 4 heteroatoms. The second-order valence-electron chi connectivity index (χ2n) is 5.15. The second kappa shape index (κ2) is 5.05. The lowest BCUT2D eigenvalue weighted by Crippen LogP contribution is -2.43. The van der Waals surface area contributed by atoms with E-state index in [0.29, 0.717) is 0 Å². The third-order valence-electron chi connectivity index (χ3n) is 3.81. The molecule has 1 fully saturated rings. The number of hydrogen-bond acceptors (Lipinski definition) is 3. The lowest BCUT2D eigenvalue weighted by molar-refractivity contribution is 0.589. The van der Waals surface area contributed by atoms with Crippen molar-refractivity contribution in [2.24, 2.45) is 0 Å². The number of piperazine rings is 1. The van der Waals surface area contributed by atoms with Gasteiger partial charge >= 0.3 is 0 Å². The number of nitrogens with one attached hydrogen (secondary N) is 1. The first-order valence-electron chi connectivity index (χ1n) is 6.82. The Kier molecular flexibility index (Phi) is 3.25. The third kappa shape index (κ3) is 2.49. The molecule has 4 nitrogen and oxygen atoms in total. The Morgan fingerprint density at radius 2 is 1.84 bits per heavy atom. The topological polar surface area (TPSA) is 33.1 Å². The summed E-state index contributed by atoms with van der Waals surface area (Å²) in [6, 6.07) is 6.46. The average molecular weight is 256 g/mol. The SMILES string of the molecule is Cc1ccc(-n2cc(N3CCNCC3)cn2)cc1C. The molecule has 1 saturated heterocycles. The molecule has 1 N–H and O–H groups in total. The highest BCUT2D eigenvalue weighted by Gasteiger charge is 2.12. The molecule has 0 saturated carbocycles. The van der Waals surface area contributed by atoms with E-state index >= 15 is 0 Å². The second-order valence-corrected chi connectivity index (χ2v) is 5.15. The van der Waals surface area contributed by atoms with Crippen molar-refractivity contribution in [1.82, 2.24) is 15.1 Å². The predicted molar refractivity (Wildman–Crippen MR) is 78.1 cm³/mol. The van der Waals surface area contributed by atoms with Crippen molar-refractivity contribution >= 4 is 5.69 Å². The van der Waals surface area contributed by atoms with Crippen molar-refractivity contribution in [2.75, 3.05) is 31.1 Å². The summed E-state index contributed by atoms with van der Waals surface area (Å²) in [4.78, 5) is 2.38. The van der Waals surface area contributed by atoms with Crippen LogP contribution in [0.1, 0.15) is 11.1 Å². The molecule has 0 atom stereocenters. The van der Waals surface area contributed by atoms with Crippen LogP contribution in [-0.2, 0) is 0 Å². The number of rotatable bonds is 2. The van der Waals surface area contributed by atoms with Crippen LogP contribution in [0.4, 0.5) is 5.69 Å². The van der Waals surface area contributed by atoms with Crippen LogP contribution in [0.5, 0.6) is 0 Å². The Morgan fingerprint density at radius 1 is 1.05 bits per heavy atom. The van der Waals surface area contributed by atoms with Crippen LogP contribution in [0.25, 0.3) is 5.69 Å². The summed E-state index contributed by atoms with van der Waals surface area (Å²) in [6.45, 7) is 8.48. The molecule has 3 rings (SSSR count). The minimum atomic E-state index is 1.05. The van der Waals surface area contributed by atoms with E-state index in [0.717, 1.165) is 31.9 Å². The molecule has 0 bridgehead atoms. The fourth-order valence-electron chi connectivity index (χ4n) is 2.41. The van der Waals surface area contributed by atoms with Crippen molar-refractivity contribution in [3.05, 3.63) is 41.7 Å². The van der Waals surface area contributed by atoms with E-state index < -0.39 is 0 Å². The number of aromatic nitrogens is 2. The van der Waals surface area contributed by atoms with Gasteiger partial charge in [-0.15, -0.1) is 0 Å². The van der Waals surface area contributed by atoms with Crippen molar-refractivity contribution in [3.8, 4) is 5.69 Å². The Bertz CT molecular complexity index is 567. The van der Waals surface area contributed by atoms with Gasteiger partial charge in [0.1, 0.15) is 0 Å². The molecule has 0 amide bonds. The van der Waals surface area contributed by atoms with E-state index in [1.165, 1.54) is 16.8 Å². The van der Waals surface area contributed by atoms with Gasteiger partial charge in [-0.3, -0.25) is 0 Å². The molecule has 1 aromatic heterocycles. The summed E-state index contributed by atoms with van der Waals surface area (Å²) in [5.41, 5.74) is 4.96. The lowest BCUT2D eigenvalue weighted by Gasteiger charge is -2.27. The van der Waals surface area contributed by atoms with Gasteiger partial charge in [-0.05, 0) is 37.1 Å². The van der Waals surface area contributed by atoms with Crippen molar-refractivity contribution < 1.29 is 0 Å². The van der Waals surface area contributed by atoms with Crippen LogP contribution in [0.2, 0.25) is 0 Å². The summed E-state index contributed by atoms with van der Waals surface area (Å²) >= 11 is 0. The van der Waals surface area contributed by atoms with Gasteiger partial charge in [0.05, 0.1) is 23.8 Å². The van der Waals surface area contributed by atoms with Crippen molar-refractivity contribution in [1.29, 1.82) is 0 Å². The fraction of sp³-hybridized carbons (Fsp3) is 0.400. The van der Waals surface area contributed by atoms with E-state index in [9.17, 15) is 0 Å². The summed E-state index contributed by atoms with van der Waals surface area (Å²) in [7, 11) is 0. The number of anilines is 1. The molecule has 1 aromatic carbocycles. The van der Waals surface area contributed by atoms with Crippen LogP contribution in [0.3, 0.4) is 0 Å². The molecule has 100 valence electrons. The molecule has 1 aliphatic rings. The summed E-state index contributed by atoms with van der Waals surface area (Å²) in [5.74, 6) is 0. The summed E-state index contributed by atoms with van der Waals surface area (Å²) in [6.07, 6.45) is 4.08. The molecule has 19 heavy (non-hydrogen) atoms. The van der Waals surface area contributed by atoms with Crippen LogP contribution < -0.4 is 10.2 Å². The van der Waals surface area contributed by atoms with Gasteiger partial charge < -0.3 is 10.2 Å². The molecule has 2 aromatic rings. The van der Waals surface area contributed by atoms with E-state index in [2.05, 4.69) is 53.6 Å². The zero-order valence-corrected chi connectivity index (χ0v) is 11.6. The Hall–Kier alpha value is -1.81. The van der Waals surface area contributed by atoms with E-state index in [1.54, 1.807) is 0 Å². The fourth-order valence-corrected chi connectivity index (χ4v) is 2.41. The van der Waals surface area contributed by atoms with E-state index in [4.69, 9.17) is 0 Å². The Labute approximate surface area is 114 Å². The van der Waals surface area contributed by atoms with Gasteiger partial charge in [0, 0.05) is 26.2 Å². The Balaban J connectivity index is 1.85. The lowest BCUT2D eigenvalue weighted by atomic mass is 10.1. The normalized spacial score (nSPS) is 15.8. The predicted octanol–water partition coefficient (Wildman–Crippen LogP) is 1.90. The zero-order valence-electron chi connectivity index (χ0n) is 11.6.